The quantitative estimate of drug-likeness (QED) is 0.537. The van der Waals surface area contributed by atoms with Gasteiger partial charge in [0.05, 0.1) is 6.26 Å². The van der Waals surface area contributed by atoms with Crippen LogP contribution in [0.2, 0.25) is 0 Å². The molecule has 144 valence electrons. The van der Waals surface area contributed by atoms with Crippen molar-refractivity contribution in [3.63, 3.8) is 0 Å². The van der Waals surface area contributed by atoms with Crippen molar-refractivity contribution in [1.82, 2.24) is 10.2 Å². The molecule has 1 aliphatic heterocycles. The number of hydrogen-bond donors (Lipinski definition) is 2. The van der Waals surface area contributed by atoms with Crippen molar-refractivity contribution in [2.24, 2.45) is 0 Å². The minimum Gasteiger partial charge on any atom is -0.353 e. The van der Waals surface area contributed by atoms with Crippen LogP contribution in [0.1, 0.15) is 37.7 Å². The summed E-state index contributed by atoms with van der Waals surface area (Å²) in [5.74, 6) is -0.112. The highest BCUT2D eigenvalue weighted by Gasteiger charge is 2.08. The van der Waals surface area contributed by atoms with E-state index < -0.39 is 10.0 Å². The lowest BCUT2D eigenvalue weighted by Crippen LogP contribution is -2.30. The molecule has 0 aromatic heterocycles. The van der Waals surface area contributed by atoms with Crippen LogP contribution in [0, 0.1) is 0 Å². The van der Waals surface area contributed by atoms with Gasteiger partial charge in [-0.05, 0) is 62.7 Å². The summed E-state index contributed by atoms with van der Waals surface area (Å²) in [6, 6.07) is 6.85. The number of anilines is 1. The highest BCUT2D eigenvalue weighted by Crippen LogP contribution is 2.12. The molecule has 1 aromatic carbocycles. The first kappa shape index (κ1) is 20.5. The summed E-state index contributed by atoms with van der Waals surface area (Å²) < 4.78 is 24.7. The second kappa shape index (κ2) is 10.3. The van der Waals surface area contributed by atoms with Gasteiger partial charge in [-0.3, -0.25) is 9.52 Å². The van der Waals surface area contributed by atoms with Crippen molar-refractivity contribution in [3.05, 3.63) is 35.9 Å². The second-order valence-electron chi connectivity index (χ2n) is 6.73. The summed E-state index contributed by atoms with van der Waals surface area (Å²) in [6.07, 6.45) is 10.5. The Bertz CT molecular complexity index is 691. The van der Waals surface area contributed by atoms with E-state index in [2.05, 4.69) is 14.9 Å². The van der Waals surface area contributed by atoms with Crippen molar-refractivity contribution < 1.29 is 13.2 Å². The summed E-state index contributed by atoms with van der Waals surface area (Å²) in [5, 5.41) is 2.91. The fraction of sp³-hybridized carbons (Fsp3) is 0.526. The molecule has 0 aliphatic carbocycles. The number of carbonyl (C=O) groups excluding carboxylic acids is 1. The Labute approximate surface area is 156 Å². The predicted octanol–water partition coefficient (Wildman–Crippen LogP) is 2.45. The van der Waals surface area contributed by atoms with Crippen LogP contribution in [-0.4, -0.2) is 51.7 Å². The third kappa shape index (κ3) is 8.49. The van der Waals surface area contributed by atoms with Crippen molar-refractivity contribution in [3.8, 4) is 0 Å². The Morgan fingerprint density at radius 2 is 1.77 bits per heavy atom. The van der Waals surface area contributed by atoms with Crippen LogP contribution < -0.4 is 10.0 Å². The van der Waals surface area contributed by atoms with Gasteiger partial charge >= 0.3 is 0 Å². The number of nitrogens with one attached hydrogen (secondary N) is 2. The first-order valence-corrected chi connectivity index (χ1v) is 11.1. The molecule has 0 spiro atoms. The van der Waals surface area contributed by atoms with Crippen molar-refractivity contribution >= 4 is 27.7 Å². The molecule has 7 heteroatoms. The molecule has 1 aliphatic rings. The number of sulfonamides is 1. The third-order valence-electron chi connectivity index (χ3n) is 4.29. The van der Waals surface area contributed by atoms with E-state index >= 15 is 0 Å². The Morgan fingerprint density at radius 3 is 2.38 bits per heavy atom. The molecular weight excluding hydrogens is 350 g/mol. The molecule has 1 fully saturated rings. The van der Waals surface area contributed by atoms with Gasteiger partial charge in [-0.2, -0.15) is 0 Å². The average molecular weight is 380 g/mol. The van der Waals surface area contributed by atoms with Crippen LogP contribution in [0.5, 0.6) is 0 Å². The molecule has 0 unspecified atom stereocenters. The predicted molar refractivity (Wildman–Crippen MR) is 106 cm³/mol. The smallest absolute Gasteiger partial charge is 0.243 e. The largest absolute Gasteiger partial charge is 0.353 e. The summed E-state index contributed by atoms with van der Waals surface area (Å²) in [4.78, 5) is 14.4. The third-order valence-corrected chi connectivity index (χ3v) is 4.90. The molecule has 0 atom stereocenters. The van der Waals surface area contributed by atoms with E-state index in [1.54, 1.807) is 30.3 Å². The number of rotatable bonds is 8. The van der Waals surface area contributed by atoms with Gasteiger partial charge in [-0.25, -0.2) is 8.42 Å². The maximum absolute atomic E-state index is 11.9. The van der Waals surface area contributed by atoms with Gasteiger partial charge in [-0.1, -0.05) is 25.0 Å². The molecule has 1 aromatic rings. The van der Waals surface area contributed by atoms with Crippen LogP contribution in [-0.2, 0) is 14.8 Å². The van der Waals surface area contributed by atoms with Crippen LogP contribution in [0.3, 0.4) is 0 Å². The van der Waals surface area contributed by atoms with E-state index in [-0.39, 0.29) is 5.91 Å². The molecule has 26 heavy (non-hydrogen) atoms. The maximum atomic E-state index is 11.9. The topological polar surface area (TPSA) is 78.5 Å². The molecule has 1 amide bonds. The highest BCUT2D eigenvalue weighted by atomic mass is 32.2. The van der Waals surface area contributed by atoms with Gasteiger partial charge < -0.3 is 10.2 Å². The molecule has 1 heterocycles. The Kier molecular flexibility index (Phi) is 8.12. The van der Waals surface area contributed by atoms with Gasteiger partial charge in [0, 0.05) is 18.3 Å². The highest BCUT2D eigenvalue weighted by molar-refractivity contribution is 7.92. The van der Waals surface area contributed by atoms with E-state index in [0.717, 1.165) is 24.8 Å². The van der Waals surface area contributed by atoms with Gasteiger partial charge in [0.25, 0.3) is 0 Å². The monoisotopic (exact) mass is 379 g/mol. The SMILES string of the molecule is CS(=O)(=O)Nc1ccc(/C=C/C(=O)NCCCN2CCCCCC2)cc1. The number of nitrogens with zero attached hydrogens (tertiary/aromatic N) is 1. The fourth-order valence-corrected chi connectivity index (χ4v) is 3.55. The number of carbonyl (C=O) groups is 1. The molecule has 1 saturated heterocycles. The Hall–Kier alpha value is -1.86. The van der Waals surface area contributed by atoms with Crippen LogP contribution >= 0.6 is 0 Å². The zero-order chi connectivity index (χ0) is 18.8. The molecule has 0 radical (unpaired) electrons. The second-order valence-corrected chi connectivity index (χ2v) is 8.48. The number of hydrogen-bond acceptors (Lipinski definition) is 4. The summed E-state index contributed by atoms with van der Waals surface area (Å²) in [5.41, 5.74) is 1.34. The maximum Gasteiger partial charge on any atom is 0.243 e. The molecule has 6 nitrogen and oxygen atoms in total. The number of amides is 1. The van der Waals surface area contributed by atoms with Gasteiger partial charge in [0.2, 0.25) is 15.9 Å². The average Bonchev–Trinajstić information content (AvgIpc) is 2.85. The lowest BCUT2D eigenvalue weighted by atomic mass is 10.2. The fourth-order valence-electron chi connectivity index (χ4n) is 2.98. The first-order chi connectivity index (χ1) is 12.4. The van der Waals surface area contributed by atoms with E-state index in [0.29, 0.717) is 12.2 Å². The lowest BCUT2D eigenvalue weighted by molar-refractivity contribution is -0.116. The zero-order valence-corrected chi connectivity index (χ0v) is 16.2. The molecular formula is C19H29N3O3S. The zero-order valence-electron chi connectivity index (χ0n) is 15.4. The minimum atomic E-state index is -3.27. The minimum absolute atomic E-state index is 0.112. The van der Waals surface area contributed by atoms with Crippen LogP contribution in [0.4, 0.5) is 5.69 Å². The van der Waals surface area contributed by atoms with E-state index in [1.165, 1.54) is 44.8 Å². The van der Waals surface area contributed by atoms with E-state index in [1.807, 2.05) is 0 Å². The van der Waals surface area contributed by atoms with Crippen molar-refractivity contribution in [2.45, 2.75) is 32.1 Å². The lowest BCUT2D eigenvalue weighted by Gasteiger charge is -2.19. The number of benzene rings is 1. The summed E-state index contributed by atoms with van der Waals surface area (Å²) in [6.45, 7) is 4.08. The Morgan fingerprint density at radius 1 is 1.12 bits per heavy atom. The first-order valence-electron chi connectivity index (χ1n) is 9.18. The van der Waals surface area contributed by atoms with Gasteiger partial charge in [0.15, 0.2) is 0 Å². The summed E-state index contributed by atoms with van der Waals surface area (Å²) in [7, 11) is -3.27. The standard InChI is InChI=1S/C19H29N3O3S/c1-26(24,25)21-18-10-7-17(8-11-18)9-12-19(23)20-13-6-16-22-14-4-2-3-5-15-22/h7-12,21H,2-6,13-16H2,1H3,(H,20,23)/b12-9+. The molecule has 2 rings (SSSR count). The van der Waals surface area contributed by atoms with Crippen molar-refractivity contribution in [2.75, 3.05) is 37.2 Å². The number of likely N-dealkylation sites (tertiary alicyclic amines) is 1. The van der Waals surface area contributed by atoms with Gasteiger partial charge in [-0.15, -0.1) is 0 Å². The Balaban J connectivity index is 1.68. The van der Waals surface area contributed by atoms with Gasteiger partial charge in [0.1, 0.15) is 0 Å². The summed E-state index contributed by atoms with van der Waals surface area (Å²) >= 11 is 0. The van der Waals surface area contributed by atoms with E-state index in [4.69, 9.17) is 0 Å². The van der Waals surface area contributed by atoms with Crippen molar-refractivity contribution in [1.29, 1.82) is 0 Å². The van der Waals surface area contributed by atoms with Crippen LogP contribution in [0.15, 0.2) is 30.3 Å². The molecule has 0 saturated carbocycles. The molecule has 0 bridgehead atoms. The van der Waals surface area contributed by atoms with E-state index in [9.17, 15) is 13.2 Å². The normalized spacial score (nSPS) is 16.3. The van der Waals surface area contributed by atoms with Crippen LogP contribution in [0.25, 0.3) is 6.08 Å². The molecule has 2 N–H and O–H groups in total.